The maximum absolute atomic E-state index is 12.7. The number of amides is 2. The number of hydrogen-bond donors (Lipinski definition) is 0. The molecule has 0 N–H and O–H groups in total. The van der Waals surface area contributed by atoms with Crippen molar-refractivity contribution in [2.75, 3.05) is 50.1 Å². The first-order chi connectivity index (χ1) is 14.1. The Labute approximate surface area is 171 Å². The normalized spacial score (nSPS) is 16.2. The maximum atomic E-state index is 12.7. The Kier molecular flexibility index (Phi) is 5.43. The van der Waals surface area contributed by atoms with Gasteiger partial charge in [0.05, 0.1) is 13.5 Å². The van der Waals surface area contributed by atoms with Crippen LogP contribution in [-0.4, -0.2) is 57.1 Å². The standard InChI is InChI=1S/C23H27N3O3/c1-24-20-9-8-19(15-18(20)16-23(24)28)25-11-13-26(14-12-25)22(27)10-7-17-5-3-4-6-21(17)29-2/h3-6,8-9,15H,7,10-14,16H2,1-2H3. The minimum Gasteiger partial charge on any atom is -0.496 e. The lowest BCUT2D eigenvalue weighted by Gasteiger charge is -2.36. The zero-order valence-corrected chi connectivity index (χ0v) is 17.1. The molecule has 0 aliphatic carbocycles. The van der Waals surface area contributed by atoms with Gasteiger partial charge >= 0.3 is 0 Å². The second kappa shape index (κ2) is 8.15. The highest BCUT2D eigenvalue weighted by Gasteiger charge is 2.26. The summed E-state index contributed by atoms with van der Waals surface area (Å²) in [7, 11) is 3.48. The summed E-state index contributed by atoms with van der Waals surface area (Å²) in [5, 5.41) is 0. The van der Waals surface area contributed by atoms with Crippen LogP contribution in [0.2, 0.25) is 0 Å². The summed E-state index contributed by atoms with van der Waals surface area (Å²) in [6, 6.07) is 14.1. The first-order valence-electron chi connectivity index (χ1n) is 10.1. The van der Waals surface area contributed by atoms with Gasteiger partial charge in [-0.05, 0) is 41.8 Å². The third-order valence-corrected chi connectivity index (χ3v) is 5.94. The number of para-hydroxylation sites is 1. The molecule has 0 bridgehead atoms. The molecule has 2 amide bonds. The van der Waals surface area contributed by atoms with E-state index in [9.17, 15) is 9.59 Å². The Morgan fingerprint density at radius 1 is 1.07 bits per heavy atom. The van der Waals surface area contributed by atoms with Crippen LogP contribution in [0.4, 0.5) is 11.4 Å². The smallest absolute Gasteiger partial charge is 0.231 e. The van der Waals surface area contributed by atoms with Crippen molar-refractivity contribution in [3.05, 3.63) is 53.6 Å². The number of rotatable bonds is 5. The summed E-state index contributed by atoms with van der Waals surface area (Å²) in [6.07, 6.45) is 1.66. The molecule has 2 aliphatic rings. The molecule has 0 atom stereocenters. The van der Waals surface area contributed by atoms with Crippen LogP contribution in [0.5, 0.6) is 5.75 Å². The third kappa shape index (κ3) is 3.92. The summed E-state index contributed by atoms with van der Waals surface area (Å²) in [6.45, 7) is 3.06. The van der Waals surface area contributed by atoms with Crippen LogP contribution >= 0.6 is 0 Å². The molecule has 0 spiro atoms. The monoisotopic (exact) mass is 393 g/mol. The fraction of sp³-hybridized carbons (Fsp3) is 0.391. The van der Waals surface area contributed by atoms with E-state index in [1.165, 1.54) is 0 Å². The number of likely N-dealkylation sites (N-methyl/N-ethyl adjacent to an activating group) is 1. The molecule has 1 fully saturated rings. The average Bonchev–Trinajstić information content (AvgIpc) is 3.05. The summed E-state index contributed by atoms with van der Waals surface area (Å²) in [5.41, 5.74) is 4.29. The lowest BCUT2D eigenvalue weighted by Crippen LogP contribution is -2.48. The van der Waals surface area contributed by atoms with E-state index in [1.807, 2.05) is 42.3 Å². The second-order valence-electron chi connectivity index (χ2n) is 7.62. The SMILES string of the molecule is COc1ccccc1CCC(=O)N1CCN(c2ccc3c(c2)CC(=O)N3C)CC1. The minimum absolute atomic E-state index is 0.141. The van der Waals surface area contributed by atoms with Gasteiger partial charge in [-0.1, -0.05) is 18.2 Å². The zero-order chi connectivity index (χ0) is 20.4. The number of carbonyl (C=O) groups excluding carboxylic acids is 2. The van der Waals surface area contributed by atoms with Crippen molar-refractivity contribution in [2.24, 2.45) is 0 Å². The van der Waals surface area contributed by atoms with Crippen LogP contribution in [0.3, 0.4) is 0 Å². The van der Waals surface area contributed by atoms with Crippen LogP contribution < -0.4 is 14.5 Å². The number of aryl methyl sites for hydroxylation is 1. The highest BCUT2D eigenvalue weighted by atomic mass is 16.5. The number of anilines is 2. The number of nitrogens with zero attached hydrogens (tertiary/aromatic N) is 3. The van der Waals surface area contributed by atoms with Crippen molar-refractivity contribution < 1.29 is 14.3 Å². The average molecular weight is 393 g/mol. The van der Waals surface area contributed by atoms with Crippen molar-refractivity contribution in [2.45, 2.75) is 19.3 Å². The van der Waals surface area contributed by atoms with Crippen molar-refractivity contribution in [1.82, 2.24) is 4.90 Å². The zero-order valence-electron chi connectivity index (χ0n) is 17.1. The van der Waals surface area contributed by atoms with E-state index in [1.54, 1.807) is 12.0 Å². The first-order valence-corrected chi connectivity index (χ1v) is 10.1. The second-order valence-corrected chi connectivity index (χ2v) is 7.62. The number of benzene rings is 2. The van der Waals surface area contributed by atoms with E-state index in [0.29, 0.717) is 19.3 Å². The summed E-state index contributed by atoms with van der Waals surface area (Å²) in [4.78, 5) is 30.5. The molecule has 0 aromatic heterocycles. The van der Waals surface area contributed by atoms with Crippen molar-refractivity contribution in [1.29, 1.82) is 0 Å². The molecule has 29 heavy (non-hydrogen) atoms. The minimum atomic E-state index is 0.141. The van der Waals surface area contributed by atoms with E-state index in [0.717, 1.165) is 54.4 Å². The van der Waals surface area contributed by atoms with Gasteiger partial charge < -0.3 is 19.4 Å². The Balaban J connectivity index is 1.32. The van der Waals surface area contributed by atoms with E-state index in [4.69, 9.17) is 4.74 Å². The van der Waals surface area contributed by atoms with Gasteiger partial charge in [0.1, 0.15) is 5.75 Å². The van der Waals surface area contributed by atoms with E-state index >= 15 is 0 Å². The van der Waals surface area contributed by atoms with Crippen LogP contribution in [-0.2, 0) is 22.4 Å². The van der Waals surface area contributed by atoms with Gasteiger partial charge in [-0.3, -0.25) is 9.59 Å². The van der Waals surface area contributed by atoms with Gasteiger partial charge in [-0.15, -0.1) is 0 Å². The Hall–Kier alpha value is -3.02. The van der Waals surface area contributed by atoms with Crippen LogP contribution in [0, 0.1) is 0 Å². The molecule has 2 aliphatic heterocycles. The van der Waals surface area contributed by atoms with Gasteiger partial charge in [0.25, 0.3) is 0 Å². The third-order valence-electron chi connectivity index (χ3n) is 5.94. The van der Waals surface area contributed by atoms with Gasteiger partial charge in [-0.25, -0.2) is 0 Å². The molecule has 152 valence electrons. The molecule has 4 rings (SSSR count). The van der Waals surface area contributed by atoms with Crippen molar-refractivity contribution in [3.8, 4) is 5.75 Å². The van der Waals surface area contributed by atoms with Crippen molar-refractivity contribution in [3.63, 3.8) is 0 Å². The lowest BCUT2D eigenvalue weighted by atomic mass is 10.1. The molecule has 2 heterocycles. The van der Waals surface area contributed by atoms with E-state index in [2.05, 4.69) is 17.0 Å². The highest BCUT2D eigenvalue weighted by molar-refractivity contribution is 6.01. The lowest BCUT2D eigenvalue weighted by molar-refractivity contribution is -0.131. The van der Waals surface area contributed by atoms with Gasteiger partial charge in [0.15, 0.2) is 0 Å². The first kappa shape index (κ1) is 19.3. The number of hydrogen-bond acceptors (Lipinski definition) is 4. The fourth-order valence-corrected chi connectivity index (χ4v) is 4.18. The predicted molar refractivity (Wildman–Crippen MR) is 114 cm³/mol. The van der Waals surface area contributed by atoms with Crippen LogP contribution in [0.15, 0.2) is 42.5 Å². The molecule has 2 aromatic carbocycles. The maximum Gasteiger partial charge on any atom is 0.231 e. The summed E-state index contributed by atoms with van der Waals surface area (Å²) >= 11 is 0. The Morgan fingerprint density at radius 2 is 1.83 bits per heavy atom. The Morgan fingerprint density at radius 3 is 2.59 bits per heavy atom. The molecular weight excluding hydrogens is 366 g/mol. The number of fused-ring (bicyclic) bond motifs is 1. The molecule has 6 nitrogen and oxygen atoms in total. The predicted octanol–water partition coefficient (Wildman–Crippen LogP) is 2.50. The molecule has 6 heteroatoms. The highest BCUT2D eigenvalue weighted by Crippen LogP contribution is 2.31. The Bertz CT molecular complexity index is 919. The largest absolute Gasteiger partial charge is 0.496 e. The van der Waals surface area contributed by atoms with Gasteiger partial charge in [0, 0.05) is 51.0 Å². The molecular formula is C23H27N3O3. The molecule has 2 aromatic rings. The number of methoxy groups -OCH3 is 1. The van der Waals surface area contributed by atoms with Gasteiger partial charge in [-0.2, -0.15) is 0 Å². The topological polar surface area (TPSA) is 53.1 Å². The molecule has 1 saturated heterocycles. The number of carbonyl (C=O) groups is 2. The van der Waals surface area contributed by atoms with Crippen LogP contribution in [0.25, 0.3) is 0 Å². The molecule has 0 radical (unpaired) electrons. The van der Waals surface area contributed by atoms with Gasteiger partial charge in [0.2, 0.25) is 11.8 Å². The van der Waals surface area contributed by atoms with E-state index < -0.39 is 0 Å². The molecule has 0 unspecified atom stereocenters. The molecule has 0 saturated carbocycles. The number of piperazine rings is 1. The fourth-order valence-electron chi connectivity index (χ4n) is 4.18. The quantitative estimate of drug-likeness (QED) is 0.783. The van der Waals surface area contributed by atoms with E-state index in [-0.39, 0.29) is 11.8 Å². The van der Waals surface area contributed by atoms with Crippen LogP contribution in [0.1, 0.15) is 17.5 Å². The van der Waals surface area contributed by atoms with Crippen molar-refractivity contribution >= 4 is 23.2 Å². The summed E-state index contributed by atoms with van der Waals surface area (Å²) in [5.74, 6) is 1.17. The number of ether oxygens (including phenoxy) is 1. The summed E-state index contributed by atoms with van der Waals surface area (Å²) < 4.78 is 5.38.